The third kappa shape index (κ3) is 3.25. The van der Waals surface area contributed by atoms with Gasteiger partial charge in [-0.05, 0) is 41.5 Å². The van der Waals surface area contributed by atoms with E-state index in [1.54, 1.807) is 56.7 Å². The van der Waals surface area contributed by atoms with E-state index in [-0.39, 0.29) is 28.4 Å². The lowest BCUT2D eigenvalue weighted by Gasteiger charge is -2.19. The number of oxazole rings is 2. The molecule has 3 heterocycles. The predicted octanol–water partition coefficient (Wildman–Crippen LogP) is 1.67. The van der Waals surface area contributed by atoms with E-state index < -0.39 is 11.5 Å². The molecule has 0 spiro atoms. The summed E-state index contributed by atoms with van der Waals surface area (Å²) >= 11 is 0. The molecular weight excluding hydrogens is 424 g/mol. The van der Waals surface area contributed by atoms with Crippen molar-refractivity contribution in [2.45, 2.75) is 5.92 Å². The molecule has 5 rings (SSSR count). The van der Waals surface area contributed by atoms with Gasteiger partial charge in [-0.25, -0.2) is 9.36 Å². The Morgan fingerprint density at radius 2 is 1.70 bits per heavy atom. The molecule has 0 bridgehead atoms. The normalized spacial score (nSPS) is 15.0. The Morgan fingerprint density at radius 1 is 1.06 bits per heavy atom. The minimum absolute atomic E-state index is 0.0757. The van der Waals surface area contributed by atoms with Crippen LogP contribution in [0.5, 0.6) is 11.5 Å². The van der Waals surface area contributed by atoms with Crippen molar-refractivity contribution in [1.82, 2.24) is 9.55 Å². The lowest BCUT2D eigenvalue weighted by Crippen LogP contribution is -2.35. The highest BCUT2D eigenvalue weighted by Gasteiger charge is 2.36. The van der Waals surface area contributed by atoms with Gasteiger partial charge in [-0.15, -0.1) is 0 Å². The number of nitrogen functional groups attached to an aromatic ring is 1. The van der Waals surface area contributed by atoms with E-state index in [2.05, 4.69) is 11.1 Å². The first-order valence-corrected chi connectivity index (χ1v) is 9.96. The molecule has 2 N–H and O–H groups in total. The summed E-state index contributed by atoms with van der Waals surface area (Å²) in [6, 6.07) is 16.4. The SMILES string of the molecule is COc1ccc(/C=c2\c(=O)oc3n2-c2oc(N)nc2[C@H](c2ccc(OC)cc2)C=3C#N)cc1. The van der Waals surface area contributed by atoms with Crippen molar-refractivity contribution in [1.29, 1.82) is 5.26 Å². The molecule has 0 saturated heterocycles. The monoisotopic (exact) mass is 442 g/mol. The number of nitrogens with two attached hydrogens (primary N) is 1. The number of aromatic nitrogens is 2. The predicted molar refractivity (Wildman–Crippen MR) is 118 cm³/mol. The lowest BCUT2D eigenvalue weighted by molar-refractivity contribution is 0.414. The van der Waals surface area contributed by atoms with Crippen LogP contribution in [0.2, 0.25) is 0 Å². The Hall–Kier alpha value is -4.71. The Balaban J connectivity index is 1.80. The summed E-state index contributed by atoms with van der Waals surface area (Å²) in [4.78, 5) is 17.2. The van der Waals surface area contributed by atoms with Gasteiger partial charge in [-0.2, -0.15) is 10.2 Å². The third-order valence-corrected chi connectivity index (χ3v) is 5.48. The number of anilines is 1. The molecule has 1 aliphatic rings. The van der Waals surface area contributed by atoms with E-state index >= 15 is 0 Å². The fourth-order valence-electron chi connectivity index (χ4n) is 3.93. The average Bonchev–Trinajstić information content (AvgIpc) is 3.37. The van der Waals surface area contributed by atoms with Crippen molar-refractivity contribution in [3.8, 4) is 23.5 Å². The molecule has 1 atom stereocenters. The van der Waals surface area contributed by atoms with E-state index in [1.807, 2.05) is 12.1 Å². The summed E-state index contributed by atoms with van der Waals surface area (Å²) in [5, 5.41) is 10.2. The zero-order valence-electron chi connectivity index (χ0n) is 17.7. The minimum Gasteiger partial charge on any atom is -0.497 e. The van der Waals surface area contributed by atoms with Crippen molar-refractivity contribution < 1.29 is 18.3 Å². The highest BCUT2D eigenvalue weighted by Crippen LogP contribution is 2.38. The van der Waals surface area contributed by atoms with Crippen LogP contribution in [0.15, 0.2) is 62.2 Å². The summed E-state index contributed by atoms with van der Waals surface area (Å²) in [6.45, 7) is 0. The van der Waals surface area contributed by atoms with Gasteiger partial charge in [0.05, 0.1) is 20.1 Å². The largest absolute Gasteiger partial charge is 0.497 e. The molecule has 0 amide bonds. The molecule has 0 aliphatic carbocycles. The Bertz CT molecular complexity index is 1570. The van der Waals surface area contributed by atoms with Crippen LogP contribution in [-0.4, -0.2) is 23.8 Å². The summed E-state index contributed by atoms with van der Waals surface area (Å²) in [6.07, 6.45) is 1.64. The Labute approximate surface area is 187 Å². The van der Waals surface area contributed by atoms with Crippen molar-refractivity contribution in [2.24, 2.45) is 0 Å². The highest BCUT2D eigenvalue weighted by molar-refractivity contribution is 5.73. The summed E-state index contributed by atoms with van der Waals surface area (Å²) < 4.78 is 23.1. The summed E-state index contributed by atoms with van der Waals surface area (Å²) in [7, 11) is 3.15. The van der Waals surface area contributed by atoms with Crippen LogP contribution < -0.4 is 31.7 Å². The standard InChI is InChI=1S/C24H18N4O5/c1-30-15-7-3-13(4-8-15)11-18-23(29)32-21-17(12-25)19(14-5-9-16(31-2)10-6-14)20-22(28(18)21)33-24(26)27-20/h3-11,19H,1-2H3,(H2,26,27)/b18-11+/t19-/m1/s1. The topological polar surface area (TPSA) is 129 Å². The van der Waals surface area contributed by atoms with E-state index in [9.17, 15) is 10.1 Å². The molecule has 0 unspecified atom stereocenters. The minimum atomic E-state index is -0.628. The van der Waals surface area contributed by atoms with Gasteiger partial charge in [0, 0.05) is 0 Å². The van der Waals surface area contributed by atoms with Crippen LogP contribution in [0.25, 0.3) is 17.5 Å². The number of rotatable bonds is 4. The Morgan fingerprint density at radius 3 is 2.30 bits per heavy atom. The van der Waals surface area contributed by atoms with Gasteiger partial charge < -0.3 is 24.0 Å². The van der Waals surface area contributed by atoms with Crippen LogP contribution in [0.4, 0.5) is 6.01 Å². The Kier molecular flexibility index (Phi) is 4.75. The second-order valence-corrected chi connectivity index (χ2v) is 7.31. The first-order valence-electron chi connectivity index (χ1n) is 9.96. The first kappa shape index (κ1) is 20.2. The van der Waals surface area contributed by atoms with Gasteiger partial charge in [0.2, 0.25) is 11.4 Å². The molecule has 164 valence electrons. The molecule has 9 heteroatoms. The first-order chi connectivity index (χ1) is 16.0. The van der Waals surface area contributed by atoms with E-state index in [0.717, 1.165) is 11.1 Å². The molecular formula is C24H18N4O5. The van der Waals surface area contributed by atoms with Crippen molar-refractivity contribution in [3.05, 3.63) is 86.7 Å². The van der Waals surface area contributed by atoms with Crippen LogP contribution in [0, 0.1) is 11.3 Å². The van der Waals surface area contributed by atoms with E-state index in [1.165, 1.54) is 4.57 Å². The molecule has 0 fully saturated rings. The zero-order valence-corrected chi connectivity index (χ0v) is 17.7. The van der Waals surface area contributed by atoms with Gasteiger partial charge in [0.1, 0.15) is 34.2 Å². The van der Waals surface area contributed by atoms with Crippen LogP contribution in [0.3, 0.4) is 0 Å². The highest BCUT2D eigenvalue weighted by atomic mass is 16.5. The summed E-state index contributed by atoms with van der Waals surface area (Å²) in [5.41, 5.74) is 7.46. The number of benzene rings is 2. The molecule has 1 aliphatic heterocycles. The fourth-order valence-corrected chi connectivity index (χ4v) is 3.93. The van der Waals surface area contributed by atoms with Gasteiger partial charge in [0.15, 0.2) is 0 Å². The molecule has 33 heavy (non-hydrogen) atoms. The maximum Gasteiger partial charge on any atom is 0.362 e. The van der Waals surface area contributed by atoms with Crippen LogP contribution in [-0.2, 0) is 0 Å². The second kappa shape index (κ2) is 7.76. The molecule has 0 radical (unpaired) electrons. The van der Waals surface area contributed by atoms with Crippen molar-refractivity contribution >= 4 is 17.7 Å². The third-order valence-electron chi connectivity index (χ3n) is 5.48. The van der Waals surface area contributed by atoms with Crippen molar-refractivity contribution in [2.75, 3.05) is 20.0 Å². The molecule has 0 saturated carbocycles. The fraction of sp³-hybridized carbons (Fsp3) is 0.125. The average molecular weight is 442 g/mol. The maximum absolute atomic E-state index is 12.9. The van der Waals surface area contributed by atoms with Crippen LogP contribution >= 0.6 is 0 Å². The number of methoxy groups -OCH3 is 2. The molecule has 2 aromatic heterocycles. The van der Waals surface area contributed by atoms with Gasteiger partial charge in [-0.3, -0.25) is 0 Å². The molecule has 9 nitrogen and oxygen atoms in total. The van der Waals surface area contributed by atoms with Crippen molar-refractivity contribution in [3.63, 3.8) is 0 Å². The maximum atomic E-state index is 12.9. The second-order valence-electron chi connectivity index (χ2n) is 7.31. The van der Waals surface area contributed by atoms with E-state index in [4.69, 9.17) is 24.0 Å². The van der Waals surface area contributed by atoms with E-state index in [0.29, 0.717) is 17.2 Å². The number of hydrogen-bond donors (Lipinski definition) is 1. The number of fused-ring (bicyclic) bond motifs is 3. The number of ether oxygens (including phenoxy) is 2. The van der Waals surface area contributed by atoms with Gasteiger partial charge >= 0.3 is 5.63 Å². The smallest absolute Gasteiger partial charge is 0.362 e. The zero-order chi connectivity index (χ0) is 23.1. The van der Waals surface area contributed by atoms with Crippen LogP contribution in [0.1, 0.15) is 22.7 Å². The molecule has 4 aromatic rings. The summed E-state index contributed by atoms with van der Waals surface area (Å²) in [5.74, 6) is 0.951. The van der Waals surface area contributed by atoms with Gasteiger partial charge in [0.25, 0.3) is 6.01 Å². The number of hydrogen-bond acceptors (Lipinski definition) is 8. The number of nitriles is 1. The number of nitrogens with zero attached hydrogens (tertiary/aromatic N) is 3. The quantitative estimate of drug-likeness (QED) is 0.505. The lowest BCUT2D eigenvalue weighted by atomic mass is 9.87. The van der Waals surface area contributed by atoms with Gasteiger partial charge in [-0.1, -0.05) is 24.3 Å². The molecule has 2 aromatic carbocycles.